The minimum Gasteiger partial charge on any atom is -0.756 e. The third-order valence-corrected chi connectivity index (χ3v) is 19.2. The molecule has 0 bridgehead atoms. The number of phosphoric acid groups is 1. The van der Waals surface area contributed by atoms with E-state index < -0.39 is 26.6 Å². The zero-order valence-electron chi connectivity index (χ0n) is 60.4. The number of unbranched alkanes of at least 4 members (excludes halogenated alkanes) is 55. The van der Waals surface area contributed by atoms with Crippen molar-refractivity contribution < 1.29 is 32.9 Å². The topological polar surface area (TPSA) is 108 Å². The Bertz CT molecular complexity index is 1590. The normalized spacial score (nSPS) is 13.7. The largest absolute Gasteiger partial charge is 0.756 e. The van der Waals surface area contributed by atoms with Gasteiger partial charge in [0.2, 0.25) is 5.91 Å². The summed E-state index contributed by atoms with van der Waals surface area (Å²) in [6.45, 7) is 4.68. The summed E-state index contributed by atoms with van der Waals surface area (Å²) in [6.07, 6.45) is 97.2. The van der Waals surface area contributed by atoms with Gasteiger partial charge in [-0.05, 0) is 70.6 Å². The molecule has 89 heavy (non-hydrogen) atoms. The second-order valence-electron chi connectivity index (χ2n) is 28.4. The van der Waals surface area contributed by atoms with Gasteiger partial charge in [0.15, 0.2) is 0 Å². The summed E-state index contributed by atoms with van der Waals surface area (Å²) in [7, 11) is 1.25. The monoisotopic (exact) mass is 1270 g/mol. The standard InChI is InChI=1S/C80H155N2O6P/c1-6-8-10-12-14-16-18-20-22-24-26-28-30-32-34-35-36-37-38-39-40-41-42-43-44-45-46-47-48-50-52-54-56-58-60-62-64-66-68-70-72-74-80(84)81-78(77-88-89(85,86)87-76-75-82(3,4)5)79(83)73-71-69-67-65-63-61-59-57-55-53-51-49-33-31-29-27-25-23-21-19-17-15-13-11-9-7-2/h24,26,55,57,63,65,71,73,78-79,83H,6-23,25,27-54,56,58-62,64,66-70,72,74-77H2,1-5H3,(H-,81,84,85,86)/b26-24-,57-55+,65-63+,73-71+. The molecule has 0 aliphatic carbocycles. The van der Waals surface area contributed by atoms with Crippen molar-refractivity contribution in [1.82, 2.24) is 5.32 Å². The molecule has 3 unspecified atom stereocenters. The second kappa shape index (κ2) is 70.8. The first-order chi connectivity index (χ1) is 43.5. The Morgan fingerprint density at radius 3 is 0.910 bits per heavy atom. The van der Waals surface area contributed by atoms with Crippen LogP contribution in [0.4, 0.5) is 0 Å². The molecule has 0 saturated carbocycles. The second-order valence-corrected chi connectivity index (χ2v) is 29.8. The van der Waals surface area contributed by atoms with Crippen molar-refractivity contribution in [2.24, 2.45) is 0 Å². The number of phosphoric ester groups is 1. The van der Waals surface area contributed by atoms with Crippen molar-refractivity contribution in [3.05, 3.63) is 48.6 Å². The molecule has 1 amide bonds. The number of quaternary nitrogens is 1. The fourth-order valence-corrected chi connectivity index (χ4v) is 12.9. The van der Waals surface area contributed by atoms with E-state index in [-0.39, 0.29) is 12.5 Å². The Balaban J connectivity index is 3.95. The Morgan fingerprint density at radius 2 is 0.629 bits per heavy atom. The van der Waals surface area contributed by atoms with Crippen LogP contribution in [0.1, 0.15) is 406 Å². The minimum absolute atomic E-state index is 0.00759. The number of carbonyl (C=O) groups is 1. The van der Waals surface area contributed by atoms with E-state index in [2.05, 4.69) is 55.6 Å². The van der Waals surface area contributed by atoms with Gasteiger partial charge in [-0.2, -0.15) is 0 Å². The summed E-state index contributed by atoms with van der Waals surface area (Å²) < 4.78 is 23.5. The summed E-state index contributed by atoms with van der Waals surface area (Å²) in [5.41, 5.74) is 0. The summed E-state index contributed by atoms with van der Waals surface area (Å²) in [6, 6.07) is -0.911. The van der Waals surface area contributed by atoms with Crippen LogP contribution in [-0.2, 0) is 18.4 Å². The van der Waals surface area contributed by atoms with E-state index in [0.29, 0.717) is 17.4 Å². The molecule has 0 heterocycles. The van der Waals surface area contributed by atoms with Crippen LogP contribution in [0, 0.1) is 0 Å². The van der Waals surface area contributed by atoms with Crippen molar-refractivity contribution in [3.63, 3.8) is 0 Å². The number of aliphatic hydroxyl groups excluding tert-OH is 1. The first-order valence-electron chi connectivity index (χ1n) is 39.5. The molecule has 0 aromatic carbocycles. The lowest BCUT2D eigenvalue weighted by molar-refractivity contribution is -0.870. The van der Waals surface area contributed by atoms with Crippen LogP contribution in [0.5, 0.6) is 0 Å². The van der Waals surface area contributed by atoms with Gasteiger partial charge in [0, 0.05) is 6.42 Å². The number of hydrogen-bond acceptors (Lipinski definition) is 6. The average molecular weight is 1270 g/mol. The number of nitrogens with one attached hydrogen (secondary N) is 1. The molecule has 8 nitrogen and oxygen atoms in total. The summed E-state index contributed by atoms with van der Waals surface area (Å²) in [5, 5.41) is 14.0. The first-order valence-corrected chi connectivity index (χ1v) is 41.0. The molecule has 0 aliphatic heterocycles. The van der Waals surface area contributed by atoms with E-state index in [4.69, 9.17) is 9.05 Å². The van der Waals surface area contributed by atoms with E-state index in [1.54, 1.807) is 6.08 Å². The highest BCUT2D eigenvalue weighted by Crippen LogP contribution is 2.38. The maximum absolute atomic E-state index is 13.1. The molecule has 526 valence electrons. The molecular weight excluding hydrogens is 1120 g/mol. The molecule has 0 rings (SSSR count). The van der Waals surface area contributed by atoms with Gasteiger partial charge in [-0.1, -0.05) is 377 Å². The van der Waals surface area contributed by atoms with Crippen LogP contribution < -0.4 is 10.2 Å². The summed E-state index contributed by atoms with van der Waals surface area (Å²) in [5.74, 6) is -0.203. The van der Waals surface area contributed by atoms with E-state index in [1.807, 2.05) is 27.2 Å². The number of likely N-dealkylation sites (N-methyl/N-ethyl adjacent to an activating group) is 1. The van der Waals surface area contributed by atoms with Crippen molar-refractivity contribution in [2.75, 3.05) is 40.9 Å². The molecule has 0 aromatic rings. The van der Waals surface area contributed by atoms with Gasteiger partial charge < -0.3 is 28.8 Å². The van der Waals surface area contributed by atoms with Gasteiger partial charge in [-0.3, -0.25) is 9.36 Å². The number of hydrogen-bond donors (Lipinski definition) is 2. The fraction of sp³-hybridized carbons (Fsp3) is 0.887. The Hall–Kier alpha value is -1.54. The number of nitrogens with zero attached hydrogens (tertiary/aromatic N) is 1. The summed E-state index contributed by atoms with van der Waals surface area (Å²) in [4.78, 5) is 25.7. The molecule has 0 fully saturated rings. The molecule has 0 spiro atoms. The van der Waals surface area contributed by atoms with Crippen LogP contribution in [-0.4, -0.2) is 68.5 Å². The van der Waals surface area contributed by atoms with Crippen LogP contribution in [0.2, 0.25) is 0 Å². The van der Waals surface area contributed by atoms with Gasteiger partial charge in [0.1, 0.15) is 13.2 Å². The van der Waals surface area contributed by atoms with Crippen LogP contribution >= 0.6 is 7.82 Å². The van der Waals surface area contributed by atoms with Gasteiger partial charge >= 0.3 is 0 Å². The number of amides is 1. The Morgan fingerprint density at radius 1 is 0.382 bits per heavy atom. The maximum atomic E-state index is 13.1. The Kier molecular flexibility index (Phi) is 69.5. The van der Waals surface area contributed by atoms with E-state index in [0.717, 1.165) is 44.9 Å². The highest BCUT2D eigenvalue weighted by Gasteiger charge is 2.23. The third kappa shape index (κ3) is 73.7. The zero-order valence-corrected chi connectivity index (χ0v) is 61.3. The molecule has 0 radical (unpaired) electrons. The number of allylic oxidation sites excluding steroid dienone is 7. The molecular formula is C80H155N2O6P. The lowest BCUT2D eigenvalue weighted by Crippen LogP contribution is -2.45. The number of aliphatic hydroxyl groups is 1. The molecule has 9 heteroatoms. The van der Waals surface area contributed by atoms with Gasteiger partial charge in [0.25, 0.3) is 7.82 Å². The Labute approximate surface area is 556 Å². The van der Waals surface area contributed by atoms with E-state index >= 15 is 0 Å². The van der Waals surface area contributed by atoms with Crippen LogP contribution in [0.15, 0.2) is 48.6 Å². The van der Waals surface area contributed by atoms with Crippen molar-refractivity contribution in [3.8, 4) is 0 Å². The third-order valence-electron chi connectivity index (χ3n) is 18.2. The molecule has 0 aliphatic rings. The SMILES string of the molecule is CCCCCCCCCC/C=C\CCCCCCCCCCCCCCCCCCCCCCCCCCCCCCCC(=O)NC(COP(=O)([O-])OCC[N+](C)(C)C)C(O)/C=C/CC/C=C/CC/C=C/CCCCCCCCCCCCCCCCCC. The summed E-state index contributed by atoms with van der Waals surface area (Å²) >= 11 is 0. The smallest absolute Gasteiger partial charge is 0.268 e. The van der Waals surface area contributed by atoms with Crippen molar-refractivity contribution in [2.45, 2.75) is 418 Å². The number of carbonyl (C=O) groups excluding carboxylic acids is 1. The van der Waals surface area contributed by atoms with Gasteiger partial charge in [0.05, 0.1) is 39.9 Å². The lowest BCUT2D eigenvalue weighted by Gasteiger charge is -2.29. The quantitative estimate of drug-likeness (QED) is 0.0272. The first kappa shape index (κ1) is 87.5. The maximum Gasteiger partial charge on any atom is 0.268 e. The average Bonchev–Trinajstić information content (AvgIpc) is 3.61. The highest BCUT2D eigenvalue weighted by atomic mass is 31.2. The minimum atomic E-state index is -4.62. The zero-order chi connectivity index (χ0) is 64.8. The van der Waals surface area contributed by atoms with E-state index in [1.165, 1.54) is 340 Å². The number of rotatable bonds is 74. The molecule has 2 N–H and O–H groups in total. The van der Waals surface area contributed by atoms with Gasteiger partial charge in [-0.15, -0.1) is 0 Å². The van der Waals surface area contributed by atoms with Gasteiger partial charge in [-0.25, -0.2) is 0 Å². The predicted molar refractivity (Wildman–Crippen MR) is 390 cm³/mol. The van der Waals surface area contributed by atoms with Crippen molar-refractivity contribution >= 4 is 13.7 Å². The van der Waals surface area contributed by atoms with Crippen LogP contribution in [0.25, 0.3) is 0 Å². The molecule has 3 atom stereocenters. The molecule has 0 saturated heterocycles. The predicted octanol–water partition coefficient (Wildman–Crippen LogP) is 25.1. The van der Waals surface area contributed by atoms with Crippen LogP contribution in [0.3, 0.4) is 0 Å². The molecule has 0 aromatic heterocycles. The fourth-order valence-electron chi connectivity index (χ4n) is 12.1. The van der Waals surface area contributed by atoms with Crippen molar-refractivity contribution in [1.29, 1.82) is 0 Å². The van der Waals surface area contributed by atoms with E-state index in [9.17, 15) is 19.4 Å². The lowest BCUT2D eigenvalue weighted by atomic mass is 10.0. The highest BCUT2D eigenvalue weighted by molar-refractivity contribution is 7.45.